The predicted octanol–water partition coefficient (Wildman–Crippen LogP) is 2.43. The molecule has 0 atom stereocenters. The SMILES string of the molecule is CC(C)CN1CCC(N(C)CCCNC(C)C)CC1. The molecule has 0 saturated carbocycles. The molecule has 1 fully saturated rings. The van der Waals surface area contributed by atoms with E-state index in [2.05, 4.69) is 49.9 Å². The monoisotopic (exact) mass is 269 g/mol. The van der Waals surface area contributed by atoms with E-state index >= 15 is 0 Å². The van der Waals surface area contributed by atoms with E-state index in [0.717, 1.165) is 18.5 Å². The van der Waals surface area contributed by atoms with Crippen LogP contribution in [-0.2, 0) is 0 Å². The van der Waals surface area contributed by atoms with E-state index in [4.69, 9.17) is 0 Å². The quantitative estimate of drug-likeness (QED) is 0.683. The standard InChI is InChI=1S/C16H35N3/c1-14(2)13-19-11-7-16(8-12-19)18(5)10-6-9-17-15(3)4/h14-17H,6-13H2,1-5H3. The van der Waals surface area contributed by atoms with E-state index in [1.807, 2.05) is 0 Å². The lowest BCUT2D eigenvalue weighted by Gasteiger charge is -2.37. The first-order valence-electron chi connectivity index (χ1n) is 8.15. The Labute approximate surface area is 120 Å². The molecule has 0 aromatic carbocycles. The van der Waals surface area contributed by atoms with Gasteiger partial charge >= 0.3 is 0 Å². The normalized spacial score (nSPS) is 18.9. The Morgan fingerprint density at radius 3 is 2.32 bits per heavy atom. The highest BCUT2D eigenvalue weighted by atomic mass is 15.2. The van der Waals surface area contributed by atoms with Crippen LogP contribution in [0.1, 0.15) is 47.0 Å². The number of hydrogen-bond donors (Lipinski definition) is 1. The second-order valence-corrected chi connectivity index (χ2v) is 6.87. The minimum absolute atomic E-state index is 0.615. The van der Waals surface area contributed by atoms with Gasteiger partial charge in [0.1, 0.15) is 0 Å². The summed E-state index contributed by atoms with van der Waals surface area (Å²) in [4.78, 5) is 5.21. The molecule has 0 aliphatic carbocycles. The maximum Gasteiger partial charge on any atom is 0.0117 e. The maximum absolute atomic E-state index is 3.50. The van der Waals surface area contributed by atoms with Gasteiger partial charge in [-0.1, -0.05) is 27.7 Å². The van der Waals surface area contributed by atoms with E-state index in [-0.39, 0.29) is 0 Å². The molecule has 0 aromatic rings. The summed E-state index contributed by atoms with van der Waals surface area (Å²) in [5.41, 5.74) is 0. The lowest BCUT2D eigenvalue weighted by Crippen LogP contribution is -2.44. The molecule has 114 valence electrons. The van der Waals surface area contributed by atoms with E-state index in [1.165, 1.54) is 45.4 Å². The summed E-state index contributed by atoms with van der Waals surface area (Å²) < 4.78 is 0. The summed E-state index contributed by atoms with van der Waals surface area (Å²) in [6.45, 7) is 15.3. The first-order valence-corrected chi connectivity index (χ1v) is 8.15. The van der Waals surface area contributed by atoms with Crippen molar-refractivity contribution < 1.29 is 0 Å². The Hall–Kier alpha value is -0.120. The molecule has 1 aliphatic rings. The number of hydrogen-bond acceptors (Lipinski definition) is 3. The van der Waals surface area contributed by atoms with Crippen molar-refractivity contribution in [2.24, 2.45) is 5.92 Å². The van der Waals surface area contributed by atoms with Crippen molar-refractivity contribution in [2.75, 3.05) is 39.8 Å². The van der Waals surface area contributed by atoms with Gasteiger partial charge in [0.25, 0.3) is 0 Å². The molecule has 0 bridgehead atoms. The van der Waals surface area contributed by atoms with Crippen LogP contribution in [0.2, 0.25) is 0 Å². The van der Waals surface area contributed by atoms with Gasteiger partial charge in [-0.25, -0.2) is 0 Å². The molecule has 19 heavy (non-hydrogen) atoms. The van der Waals surface area contributed by atoms with Crippen LogP contribution in [0.4, 0.5) is 0 Å². The fourth-order valence-corrected chi connectivity index (χ4v) is 2.96. The lowest BCUT2D eigenvalue weighted by molar-refractivity contribution is 0.119. The second kappa shape index (κ2) is 8.93. The summed E-state index contributed by atoms with van der Waals surface area (Å²) in [5.74, 6) is 0.802. The average Bonchev–Trinajstić information content (AvgIpc) is 2.34. The average molecular weight is 269 g/mol. The summed E-state index contributed by atoms with van der Waals surface area (Å²) >= 11 is 0. The van der Waals surface area contributed by atoms with Gasteiger partial charge in [0.2, 0.25) is 0 Å². The second-order valence-electron chi connectivity index (χ2n) is 6.87. The molecular formula is C16H35N3. The van der Waals surface area contributed by atoms with Crippen molar-refractivity contribution in [1.82, 2.24) is 15.1 Å². The molecular weight excluding hydrogens is 234 g/mol. The van der Waals surface area contributed by atoms with Gasteiger partial charge in [0.05, 0.1) is 0 Å². The molecule has 0 unspecified atom stereocenters. The smallest absolute Gasteiger partial charge is 0.0117 e. The van der Waals surface area contributed by atoms with Gasteiger partial charge in [-0.15, -0.1) is 0 Å². The predicted molar refractivity (Wildman–Crippen MR) is 84.7 cm³/mol. The van der Waals surface area contributed by atoms with Crippen molar-refractivity contribution >= 4 is 0 Å². The van der Waals surface area contributed by atoms with Crippen LogP contribution in [0.15, 0.2) is 0 Å². The third-order valence-electron chi connectivity index (χ3n) is 4.04. The van der Waals surface area contributed by atoms with E-state index < -0.39 is 0 Å². The molecule has 3 nitrogen and oxygen atoms in total. The molecule has 1 aliphatic heterocycles. The summed E-state index contributed by atoms with van der Waals surface area (Å²) in [6.07, 6.45) is 3.96. The zero-order chi connectivity index (χ0) is 14.3. The van der Waals surface area contributed by atoms with Crippen molar-refractivity contribution in [3.63, 3.8) is 0 Å². The number of piperidine rings is 1. The van der Waals surface area contributed by atoms with Crippen LogP contribution in [0.5, 0.6) is 0 Å². The molecule has 1 N–H and O–H groups in total. The van der Waals surface area contributed by atoms with Gasteiger partial charge < -0.3 is 15.1 Å². The Bertz CT molecular complexity index is 220. The lowest BCUT2D eigenvalue weighted by atomic mass is 10.0. The van der Waals surface area contributed by atoms with Crippen molar-refractivity contribution in [3.05, 3.63) is 0 Å². The molecule has 3 heteroatoms. The largest absolute Gasteiger partial charge is 0.314 e. The molecule has 1 heterocycles. The zero-order valence-corrected chi connectivity index (χ0v) is 13.8. The Morgan fingerprint density at radius 1 is 1.16 bits per heavy atom. The number of rotatable bonds is 8. The third kappa shape index (κ3) is 7.28. The molecule has 0 spiro atoms. The molecule has 1 rings (SSSR count). The summed E-state index contributed by atoms with van der Waals surface area (Å²) in [7, 11) is 2.30. The number of likely N-dealkylation sites (tertiary alicyclic amines) is 1. The minimum Gasteiger partial charge on any atom is -0.314 e. The van der Waals surface area contributed by atoms with Crippen LogP contribution in [0.25, 0.3) is 0 Å². The first kappa shape index (κ1) is 16.9. The Kier molecular flexibility index (Phi) is 7.96. The molecule has 0 amide bonds. The van der Waals surface area contributed by atoms with Crippen LogP contribution < -0.4 is 5.32 Å². The van der Waals surface area contributed by atoms with Gasteiger partial charge in [0, 0.05) is 18.6 Å². The van der Waals surface area contributed by atoms with Crippen LogP contribution >= 0.6 is 0 Å². The van der Waals surface area contributed by atoms with E-state index in [1.54, 1.807) is 0 Å². The Balaban J connectivity index is 2.12. The fraction of sp³-hybridized carbons (Fsp3) is 1.00. The highest BCUT2D eigenvalue weighted by Crippen LogP contribution is 2.16. The van der Waals surface area contributed by atoms with Crippen LogP contribution in [-0.4, -0.2) is 61.7 Å². The van der Waals surface area contributed by atoms with Crippen molar-refractivity contribution in [2.45, 2.75) is 59.0 Å². The molecule has 1 saturated heterocycles. The van der Waals surface area contributed by atoms with Crippen LogP contribution in [0.3, 0.4) is 0 Å². The highest BCUT2D eigenvalue weighted by molar-refractivity contribution is 4.78. The maximum atomic E-state index is 3.50. The van der Waals surface area contributed by atoms with Gasteiger partial charge in [-0.3, -0.25) is 0 Å². The van der Waals surface area contributed by atoms with Gasteiger partial charge in [0.15, 0.2) is 0 Å². The van der Waals surface area contributed by atoms with E-state index in [9.17, 15) is 0 Å². The minimum atomic E-state index is 0.615. The fourth-order valence-electron chi connectivity index (χ4n) is 2.96. The van der Waals surface area contributed by atoms with Crippen molar-refractivity contribution in [1.29, 1.82) is 0 Å². The zero-order valence-electron chi connectivity index (χ0n) is 13.8. The number of nitrogens with zero attached hydrogens (tertiary/aromatic N) is 2. The topological polar surface area (TPSA) is 18.5 Å². The summed E-state index contributed by atoms with van der Waals surface area (Å²) in [5, 5.41) is 3.50. The Morgan fingerprint density at radius 2 is 1.79 bits per heavy atom. The van der Waals surface area contributed by atoms with Gasteiger partial charge in [-0.2, -0.15) is 0 Å². The highest BCUT2D eigenvalue weighted by Gasteiger charge is 2.22. The van der Waals surface area contributed by atoms with E-state index in [0.29, 0.717) is 6.04 Å². The molecule has 0 aromatic heterocycles. The molecule has 0 radical (unpaired) electrons. The first-order chi connectivity index (χ1) is 8.99. The van der Waals surface area contributed by atoms with Gasteiger partial charge in [-0.05, 0) is 58.4 Å². The number of nitrogens with one attached hydrogen (secondary N) is 1. The van der Waals surface area contributed by atoms with Crippen LogP contribution in [0, 0.1) is 5.92 Å². The summed E-state index contributed by atoms with van der Waals surface area (Å²) in [6, 6.07) is 1.42. The third-order valence-corrected chi connectivity index (χ3v) is 4.04. The van der Waals surface area contributed by atoms with Crippen molar-refractivity contribution in [3.8, 4) is 0 Å².